The summed E-state index contributed by atoms with van der Waals surface area (Å²) in [7, 11) is 0. The Morgan fingerprint density at radius 3 is 2.55 bits per heavy atom. The first-order valence-electron chi connectivity index (χ1n) is 3.09. The smallest absolute Gasteiger partial charge is 0.304 e. The van der Waals surface area contributed by atoms with Gasteiger partial charge in [0.05, 0.1) is 12.2 Å². The standard InChI is InChI=1S/C6H10F2O2S/c1-6(7,8)4-11-3-2-5(9)10/h2-4H2,1H3,(H,9,10). The van der Waals surface area contributed by atoms with E-state index in [0.717, 1.165) is 18.7 Å². The van der Waals surface area contributed by atoms with E-state index < -0.39 is 11.9 Å². The summed E-state index contributed by atoms with van der Waals surface area (Å²) in [5.74, 6) is -3.70. The minimum Gasteiger partial charge on any atom is -0.481 e. The minimum absolute atomic E-state index is 0.0548. The molecule has 0 rings (SSSR count). The van der Waals surface area contributed by atoms with Crippen molar-refractivity contribution < 1.29 is 18.7 Å². The van der Waals surface area contributed by atoms with Gasteiger partial charge in [0.1, 0.15) is 0 Å². The zero-order valence-corrected chi connectivity index (χ0v) is 6.96. The largest absolute Gasteiger partial charge is 0.481 e. The third-order valence-electron chi connectivity index (χ3n) is 0.816. The van der Waals surface area contributed by atoms with Crippen molar-refractivity contribution in [3.63, 3.8) is 0 Å². The van der Waals surface area contributed by atoms with Crippen LogP contribution >= 0.6 is 11.8 Å². The first-order valence-corrected chi connectivity index (χ1v) is 4.24. The molecule has 0 aromatic rings. The van der Waals surface area contributed by atoms with Gasteiger partial charge in [-0.2, -0.15) is 11.8 Å². The van der Waals surface area contributed by atoms with E-state index in [1.165, 1.54) is 0 Å². The fourth-order valence-corrected chi connectivity index (χ4v) is 1.23. The molecule has 0 saturated heterocycles. The number of alkyl halides is 2. The van der Waals surface area contributed by atoms with Crippen LogP contribution in [0.4, 0.5) is 8.78 Å². The van der Waals surface area contributed by atoms with Crippen molar-refractivity contribution in [3.8, 4) is 0 Å². The molecule has 0 aliphatic heterocycles. The van der Waals surface area contributed by atoms with E-state index in [2.05, 4.69) is 0 Å². The molecule has 0 aromatic heterocycles. The molecule has 0 heterocycles. The van der Waals surface area contributed by atoms with E-state index >= 15 is 0 Å². The molecule has 0 unspecified atom stereocenters. The number of aliphatic carboxylic acids is 1. The Labute approximate surface area is 68.0 Å². The maximum atomic E-state index is 12.1. The predicted octanol–water partition coefficient (Wildman–Crippen LogP) is 1.85. The van der Waals surface area contributed by atoms with Crippen molar-refractivity contribution in [3.05, 3.63) is 0 Å². The van der Waals surface area contributed by atoms with Crippen LogP contribution in [-0.4, -0.2) is 28.5 Å². The second-order valence-corrected chi connectivity index (χ2v) is 3.37. The Morgan fingerprint density at radius 1 is 1.64 bits per heavy atom. The van der Waals surface area contributed by atoms with Crippen LogP contribution in [0.2, 0.25) is 0 Å². The van der Waals surface area contributed by atoms with E-state index in [9.17, 15) is 13.6 Å². The molecule has 0 aromatic carbocycles. The third kappa shape index (κ3) is 9.68. The maximum absolute atomic E-state index is 12.1. The third-order valence-corrected chi connectivity index (χ3v) is 2.02. The highest BCUT2D eigenvalue weighted by molar-refractivity contribution is 7.99. The Bertz CT molecular complexity index is 133. The normalized spacial score (nSPS) is 11.5. The molecule has 0 bridgehead atoms. The van der Waals surface area contributed by atoms with Gasteiger partial charge < -0.3 is 5.11 Å². The first-order chi connectivity index (χ1) is 4.92. The number of hydrogen-bond acceptors (Lipinski definition) is 2. The van der Waals surface area contributed by atoms with E-state index in [-0.39, 0.29) is 17.9 Å². The number of hydrogen-bond donors (Lipinski definition) is 1. The van der Waals surface area contributed by atoms with Gasteiger partial charge in [0, 0.05) is 12.7 Å². The summed E-state index contributed by atoms with van der Waals surface area (Å²) < 4.78 is 24.2. The molecular weight excluding hydrogens is 174 g/mol. The summed E-state index contributed by atoms with van der Waals surface area (Å²) in [4.78, 5) is 9.92. The average molecular weight is 184 g/mol. The van der Waals surface area contributed by atoms with Gasteiger partial charge in [0.15, 0.2) is 0 Å². The molecule has 0 atom stereocenters. The van der Waals surface area contributed by atoms with E-state index in [0.29, 0.717) is 0 Å². The zero-order valence-electron chi connectivity index (χ0n) is 6.14. The number of carboxylic acids is 1. The second kappa shape index (κ2) is 4.54. The number of carboxylic acid groups (broad SMARTS) is 1. The van der Waals surface area contributed by atoms with Gasteiger partial charge in [-0.25, -0.2) is 8.78 Å². The van der Waals surface area contributed by atoms with Gasteiger partial charge >= 0.3 is 5.97 Å². The molecule has 0 fully saturated rings. The molecule has 1 N–H and O–H groups in total. The number of thioether (sulfide) groups is 1. The van der Waals surface area contributed by atoms with E-state index in [1.807, 2.05) is 0 Å². The lowest BCUT2D eigenvalue weighted by atomic mass is 10.5. The van der Waals surface area contributed by atoms with Crippen molar-refractivity contribution >= 4 is 17.7 Å². The van der Waals surface area contributed by atoms with Crippen molar-refractivity contribution in [1.82, 2.24) is 0 Å². The van der Waals surface area contributed by atoms with Crippen LogP contribution in [0.25, 0.3) is 0 Å². The Hall–Kier alpha value is -0.320. The van der Waals surface area contributed by atoms with Gasteiger partial charge in [-0.1, -0.05) is 0 Å². The highest BCUT2D eigenvalue weighted by atomic mass is 32.2. The van der Waals surface area contributed by atoms with E-state index in [4.69, 9.17) is 5.11 Å². The summed E-state index contributed by atoms with van der Waals surface area (Å²) in [5.41, 5.74) is 0. The molecule has 5 heteroatoms. The fraction of sp³-hybridized carbons (Fsp3) is 0.833. The Kier molecular flexibility index (Phi) is 4.40. The van der Waals surface area contributed by atoms with Crippen LogP contribution in [0.3, 0.4) is 0 Å². The summed E-state index contributed by atoms with van der Waals surface area (Å²) >= 11 is 0.958. The predicted molar refractivity (Wildman–Crippen MR) is 40.2 cm³/mol. The molecule has 0 saturated carbocycles. The monoisotopic (exact) mass is 184 g/mol. The van der Waals surface area contributed by atoms with Crippen molar-refractivity contribution in [1.29, 1.82) is 0 Å². The summed E-state index contributed by atoms with van der Waals surface area (Å²) in [6.07, 6.45) is -0.0548. The first kappa shape index (κ1) is 10.7. The van der Waals surface area contributed by atoms with Gasteiger partial charge in [-0.15, -0.1) is 0 Å². The molecule has 66 valence electrons. The molecule has 2 nitrogen and oxygen atoms in total. The maximum Gasteiger partial charge on any atom is 0.304 e. The van der Waals surface area contributed by atoms with Crippen molar-refractivity contribution in [2.24, 2.45) is 0 Å². The summed E-state index contributed by atoms with van der Waals surface area (Å²) in [6, 6.07) is 0. The van der Waals surface area contributed by atoms with Crippen LogP contribution < -0.4 is 0 Å². The van der Waals surface area contributed by atoms with Gasteiger partial charge in [-0.05, 0) is 0 Å². The van der Waals surface area contributed by atoms with Crippen molar-refractivity contribution in [2.75, 3.05) is 11.5 Å². The van der Waals surface area contributed by atoms with E-state index in [1.54, 1.807) is 0 Å². The molecule has 0 spiro atoms. The second-order valence-electron chi connectivity index (χ2n) is 2.27. The van der Waals surface area contributed by atoms with Crippen LogP contribution in [0.1, 0.15) is 13.3 Å². The van der Waals surface area contributed by atoms with Crippen LogP contribution in [-0.2, 0) is 4.79 Å². The van der Waals surface area contributed by atoms with Crippen LogP contribution in [0.5, 0.6) is 0 Å². The lowest BCUT2D eigenvalue weighted by Crippen LogP contribution is -2.13. The van der Waals surface area contributed by atoms with Crippen molar-refractivity contribution in [2.45, 2.75) is 19.3 Å². The number of halogens is 2. The Balaban J connectivity index is 3.22. The molecule has 0 aliphatic carbocycles. The quantitative estimate of drug-likeness (QED) is 0.662. The number of rotatable bonds is 5. The molecule has 11 heavy (non-hydrogen) atoms. The summed E-state index contributed by atoms with van der Waals surface area (Å²) in [6.45, 7) is 0.820. The highest BCUT2D eigenvalue weighted by Gasteiger charge is 2.20. The zero-order chi connectivity index (χ0) is 8.91. The lowest BCUT2D eigenvalue weighted by Gasteiger charge is -2.07. The number of carbonyl (C=O) groups is 1. The SMILES string of the molecule is CC(F)(F)CSCCC(=O)O. The fourth-order valence-electron chi connectivity index (χ4n) is 0.411. The Morgan fingerprint density at radius 2 is 2.18 bits per heavy atom. The average Bonchev–Trinajstić information content (AvgIpc) is 1.78. The van der Waals surface area contributed by atoms with Crippen LogP contribution in [0.15, 0.2) is 0 Å². The van der Waals surface area contributed by atoms with Gasteiger partial charge in [-0.3, -0.25) is 4.79 Å². The summed E-state index contributed by atoms with van der Waals surface area (Å²) in [5, 5.41) is 8.14. The van der Waals surface area contributed by atoms with Gasteiger partial charge in [0.2, 0.25) is 0 Å². The van der Waals surface area contributed by atoms with Gasteiger partial charge in [0.25, 0.3) is 5.92 Å². The lowest BCUT2D eigenvalue weighted by molar-refractivity contribution is -0.136. The van der Waals surface area contributed by atoms with Crippen LogP contribution in [0, 0.1) is 0 Å². The molecule has 0 amide bonds. The molecule has 0 aliphatic rings. The minimum atomic E-state index is -2.69. The highest BCUT2D eigenvalue weighted by Crippen LogP contribution is 2.18. The molecular formula is C6H10F2O2S. The molecule has 0 radical (unpaired) electrons. The topological polar surface area (TPSA) is 37.3 Å².